The predicted molar refractivity (Wildman–Crippen MR) is 82.2 cm³/mol. The van der Waals surface area contributed by atoms with E-state index in [4.69, 9.17) is 17.3 Å². The average molecular weight is 320 g/mol. The van der Waals surface area contributed by atoms with Crippen molar-refractivity contribution in [3.05, 3.63) is 17.3 Å². The normalized spacial score (nSPS) is 13.3. The maximum absolute atomic E-state index is 12.1. The molecule has 0 bridgehead atoms. The SMILES string of the molecule is CCCCCCC(C)NS(=O)(=O)c1cnc(N)c(Cl)c1. The summed E-state index contributed by atoms with van der Waals surface area (Å²) < 4.78 is 26.9. The minimum atomic E-state index is -3.59. The lowest BCUT2D eigenvalue weighted by atomic mass is 10.1. The number of hydrogen-bond donors (Lipinski definition) is 2. The third-order valence-corrected chi connectivity index (χ3v) is 4.86. The van der Waals surface area contributed by atoms with E-state index in [1.807, 2.05) is 6.92 Å². The van der Waals surface area contributed by atoms with Crippen LogP contribution < -0.4 is 10.5 Å². The Morgan fingerprint density at radius 3 is 2.70 bits per heavy atom. The summed E-state index contributed by atoms with van der Waals surface area (Å²) in [6.07, 6.45) is 6.51. The zero-order valence-corrected chi connectivity index (χ0v) is 13.5. The van der Waals surface area contributed by atoms with Crippen LogP contribution in [-0.2, 0) is 10.0 Å². The molecule has 0 aliphatic heterocycles. The Kier molecular flexibility index (Phi) is 6.71. The number of nitrogens with one attached hydrogen (secondary N) is 1. The van der Waals surface area contributed by atoms with Crippen LogP contribution in [-0.4, -0.2) is 19.4 Å². The van der Waals surface area contributed by atoms with Crippen LogP contribution in [0.25, 0.3) is 0 Å². The number of nitrogen functional groups attached to an aromatic ring is 1. The molecule has 114 valence electrons. The lowest BCUT2D eigenvalue weighted by Crippen LogP contribution is -2.32. The lowest BCUT2D eigenvalue weighted by molar-refractivity contribution is 0.522. The largest absolute Gasteiger partial charge is 0.382 e. The van der Waals surface area contributed by atoms with Crippen LogP contribution >= 0.6 is 11.6 Å². The van der Waals surface area contributed by atoms with Crippen molar-refractivity contribution in [2.75, 3.05) is 5.73 Å². The molecular formula is C13H22ClN3O2S. The Morgan fingerprint density at radius 1 is 1.40 bits per heavy atom. The molecule has 0 aromatic carbocycles. The van der Waals surface area contributed by atoms with Crippen molar-refractivity contribution in [1.82, 2.24) is 9.71 Å². The van der Waals surface area contributed by atoms with E-state index in [0.29, 0.717) is 0 Å². The van der Waals surface area contributed by atoms with Crippen molar-refractivity contribution in [1.29, 1.82) is 0 Å². The van der Waals surface area contributed by atoms with Gasteiger partial charge in [-0.25, -0.2) is 18.1 Å². The highest BCUT2D eigenvalue weighted by Crippen LogP contribution is 2.20. The average Bonchev–Trinajstić information content (AvgIpc) is 2.37. The molecule has 7 heteroatoms. The van der Waals surface area contributed by atoms with E-state index < -0.39 is 10.0 Å². The fourth-order valence-electron chi connectivity index (χ4n) is 1.85. The van der Waals surface area contributed by atoms with Crippen molar-refractivity contribution in [3.63, 3.8) is 0 Å². The van der Waals surface area contributed by atoms with Crippen LogP contribution in [0.4, 0.5) is 5.82 Å². The lowest BCUT2D eigenvalue weighted by Gasteiger charge is -2.14. The van der Waals surface area contributed by atoms with E-state index in [9.17, 15) is 8.42 Å². The van der Waals surface area contributed by atoms with E-state index in [2.05, 4.69) is 16.6 Å². The van der Waals surface area contributed by atoms with E-state index >= 15 is 0 Å². The van der Waals surface area contributed by atoms with Crippen LogP contribution in [0.2, 0.25) is 5.02 Å². The molecule has 0 saturated carbocycles. The summed E-state index contributed by atoms with van der Waals surface area (Å²) >= 11 is 5.80. The van der Waals surface area contributed by atoms with Gasteiger partial charge in [-0.3, -0.25) is 0 Å². The van der Waals surface area contributed by atoms with Gasteiger partial charge in [-0.1, -0.05) is 44.2 Å². The van der Waals surface area contributed by atoms with Crippen LogP contribution in [0.15, 0.2) is 17.2 Å². The van der Waals surface area contributed by atoms with Crippen LogP contribution in [0.5, 0.6) is 0 Å². The molecule has 0 aliphatic rings. The van der Waals surface area contributed by atoms with Gasteiger partial charge < -0.3 is 5.73 Å². The Labute approximate surface area is 126 Å². The first-order valence-corrected chi connectivity index (χ1v) is 8.66. The number of sulfonamides is 1. The van der Waals surface area contributed by atoms with E-state index in [1.165, 1.54) is 18.7 Å². The van der Waals surface area contributed by atoms with E-state index in [0.717, 1.165) is 25.7 Å². The highest BCUT2D eigenvalue weighted by atomic mass is 35.5. The van der Waals surface area contributed by atoms with Gasteiger partial charge in [0.25, 0.3) is 0 Å². The fourth-order valence-corrected chi connectivity index (χ4v) is 3.33. The highest BCUT2D eigenvalue weighted by molar-refractivity contribution is 7.89. The number of pyridine rings is 1. The van der Waals surface area contributed by atoms with Gasteiger partial charge in [0.2, 0.25) is 10.0 Å². The molecule has 0 amide bonds. The van der Waals surface area contributed by atoms with Crippen molar-refractivity contribution in [3.8, 4) is 0 Å². The summed E-state index contributed by atoms with van der Waals surface area (Å²) in [5, 5.41) is 0.142. The van der Waals surface area contributed by atoms with Crippen molar-refractivity contribution < 1.29 is 8.42 Å². The monoisotopic (exact) mass is 319 g/mol. The summed E-state index contributed by atoms with van der Waals surface area (Å²) in [4.78, 5) is 3.80. The number of halogens is 1. The molecule has 0 aliphatic carbocycles. The highest BCUT2D eigenvalue weighted by Gasteiger charge is 2.18. The Hall–Kier alpha value is -0.850. The predicted octanol–water partition coefficient (Wildman–Crippen LogP) is 2.95. The van der Waals surface area contributed by atoms with Gasteiger partial charge in [-0.05, 0) is 19.4 Å². The third kappa shape index (κ3) is 5.26. The molecule has 1 aromatic heterocycles. The number of hydrogen-bond acceptors (Lipinski definition) is 4. The fraction of sp³-hybridized carbons (Fsp3) is 0.615. The van der Waals surface area contributed by atoms with Gasteiger partial charge in [0.15, 0.2) is 0 Å². The van der Waals surface area contributed by atoms with E-state index in [-0.39, 0.29) is 21.8 Å². The second-order valence-electron chi connectivity index (χ2n) is 4.91. The maximum Gasteiger partial charge on any atom is 0.242 e. The maximum atomic E-state index is 12.1. The molecule has 1 aromatic rings. The zero-order valence-electron chi connectivity index (χ0n) is 11.9. The summed E-state index contributed by atoms with van der Waals surface area (Å²) in [6, 6.07) is 1.20. The summed E-state index contributed by atoms with van der Waals surface area (Å²) in [5.41, 5.74) is 5.47. The van der Waals surface area contributed by atoms with Crippen LogP contribution in [0.1, 0.15) is 46.0 Å². The molecule has 0 spiro atoms. The first-order chi connectivity index (χ1) is 9.36. The molecule has 1 heterocycles. The van der Waals surface area contributed by atoms with Crippen LogP contribution in [0.3, 0.4) is 0 Å². The molecule has 1 atom stereocenters. The molecule has 0 saturated heterocycles. The summed E-state index contributed by atoms with van der Waals surface area (Å²) in [5.74, 6) is 0.123. The van der Waals surface area contributed by atoms with Crippen LogP contribution in [0, 0.1) is 0 Å². The molecule has 20 heavy (non-hydrogen) atoms. The molecule has 0 fully saturated rings. The molecule has 5 nitrogen and oxygen atoms in total. The van der Waals surface area contributed by atoms with Gasteiger partial charge in [-0.15, -0.1) is 0 Å². The number of nitrogens with zero attached hydrogens (tertiary/aromatic N) is 1. The van der Waals surface area contributed by atoms with Crippen molar-refractivity contribution >= 4 is 27.4 Å². The summed E-state index contributed by atoms with van der Waals surface area (Å²) in [7, 11) is -3.59. The van der Waals surface area contributed by atoms with E-state index in [1.54, 1.807) is 0 Å². The molecule has 3 N–H and O–H groups in total. The zero-order chi connectivity index (χ0) is 15.2. The third-order valence-electron chi connectivity index (χ3n) is 3.00. The minimum Gasteiger partial charge on any atom is -0.382 e. The smallest absolute Gasteiger partial charge is 0.242 e. The van der Waals surface area contributed by atoms with Gasteiger partial charge in [-0.2, -0.15) is 0 Å². The Balaban J connectivity index is 2.62. The number of rotatable bonds is 8. The minimum absolute atomic E-state index is 0.0390. The van der Waals surface area contributed by atoms with Gasteiger partial charge in [0.05, 0.1) is 5.02 Å². The van der Waals surface area contributed by atoms with Gasteiger partial charge in [0, 0.05) is 12.2 Å². The first-order valence-electron chi connectivity index (χ1n) is 6.80. The van der Waals surface area contributed by atoms with Gasteiger partial charge in [0.1, 0.15) is 10.7 Å². The molecule has 1 rings (SSSR count). The van der Waals surface area contributed by atoms with Gasteiger partial charge >= 0.3 is 0 Å². The second-order valence-corrected chi connectivity index (χ2v) is 7.03. The topological polar surface area (TPSA) is 85.1 Å². The molecule has 0 radical (unpaired) electrons. The van der Waals surface area contributed by atoms with Crippen molar-refractivity contribution in [2.24, 2.45) is 0 Å². The first kappa shape index (κ1) is 17.2. The Bertz CT molecular complexity index is 534. The summed E-state index contributed by atoms with van der Waals surface area (Å²) in [6.45, 7) is 4.00. The molecule has 1 unspecified atom stereocenters. The number of aromatic nitrogens is 1. The Morgan fingerprint density at radius 2 is 2.10 bits per heavy atom. The number of unbranched alkanes of at least 4 members (excludes halogenated alkanes) is 3. The quantitative estimate of drug-likeness (QED) is 0.721. The van der Waals surface area contributed by atoms with Crippen molar-refractivity contribution in [2.45, 2.75) is 56.9 Å². The second kappa shape index (κ2) is 7.81. The number of nitrogens with two attached hydrogens (primary N) is 1. The number of anilines is 1. The standard InChI is InChI=1S/C13H22ClN3O2S/c1-3-4-5-6-7-10(2)17-20(18,19)11-8-12(14)13(15)16-9-11/h8-10,17H,3-7H2,1-2H3,(H2,15,16). The molecular weight excluding hydrogens is 298 g/mol.